The van der Waals surface area contributed by atoms with Gasteiger partial charge in [-0.25, -0.2) is 9.97 Å². The molecule has 1 aromatic carbocycles. The van der Waals surface area contributed by atoms with Crippen molar-refractivity contribution in [1.29, 1.82) is 0 Å². The maximum atomic E-state index is 12.8. The average Bonchev–Trinajstić information content (AvgIpc) is 3.57. The summed E-state index contributed by atoms with van der Waals surface area (Å²) in [4.78, 5) is 31.5. The molecule has 2 aliphatic heterocycles. The molecule has 2 aromatic heterocycles. The quantitative estimate of drug-likeness (QED) is 0.357. The number of nitrogens with zero attached hydrogens (tertiary/aromatic N) is 5. The van der Waals surface area contributed by atoms with Crippen molar-refractivity contribution in [3.05, 3.63) is 67.8 Å². The number of benzene rings is 1. The number of carbonyl (C=O) groups is 1. The second-order valence-electron chi connectivity index (χ2n) is 8.71. The van der Waals surface area contributed by atoms with Gasteiger partial charge in [0.05, 0.1) is 10.7 Å². The van der Waals surface area contributed by atoms with Crippen molar-refractivity contribution in [3.8, 4) is 6.01 Å². The van der Waals surface area contributed by atoms with Crippen LogP contribution in [-0.4, -0.2) is 51.2 Å². The number of hydrogen-bond donors (Lipinski definition) is 0. The fourth-order valence-corrected chi connectivity index (χ4v) is 5.91. The van der Waals surface area contributed by atoms with E-state index in [0.29, 0.717) is 48.0 Å². The third-order valence-electron chi connectivity index (χ3n) is 6.25. The number of likely N-dealkylation sites (tertiary alicyclic amines) is 1. The number of halogens is 5. The first kappa shape index (κ1) is 26.6. The highest BCUT2D eigenvalue weighted by molar-refractivity contribution is 7.10. The Morgan fingerprint density at radius 3 is 2.61 bits per heavy atom. The van der Waals surface area contributed by atoms with Crippen molar-refractivity contribution < 1.29 is 27.5 Å². The zero-order valence-corrected chi connectivity index (χ0v) is 21.9. The van der Waals surface area contributed by atoms with Gasteiger partial charge in [-0.15, -0.1) is 11.3 Å². The van der Waals surface area contributed by atoms with Crippen LogP contribution in [0.1, 0.15) is 53.2 Å². The number of rotatable bonds is 6. The maximum absolute atomic E-state index is 12.8. The van der Waals surface area contributed by atoms with Crippen LogP contribution in [0, 0.1) is 0 Å². The molecule has 38 heavy (non-hydrogen) atoms. The average molecular weight is 586 g/mol. The molecule has 0 spiro atoms. The van der Waals surface area contributed by atoms with Gasteiger partial charge in [-0.05, 0) is 31.0 Å². The number of oxime groups is 1. The van der Waals surface area contributed by atoms with E-state index in [0.717, 1.165) is 28.7 Å². The lowest BCUT2D eigenvalue weighted by molar-refractivity contribution is -0.141. The predicted octanol–water partition coefficient (Wildman–Crippen LogP) is 5.91. The van der Waals surface area contributed by atoms with Gasteiger partial charge < -0.3 is 14.5 Å². The molecule has 0 bridgehead atoms. The molecule has 8 nitrogen and oxygen atoms in total. The van der Waals surface area contributed by atoms with E-state index in [-0.39, 0.29) is 17.9 Å². The molecule has 2 aliphatic rings. The van der Waals surface area contributed by atoms with E-state index in [1.54, 1.807) is 23.1 Å². The highest BCUT2D eigenvalue weighted by Crippen LogP contribution is 2.39. The lowest BCUT2D eigenvalue weighted by atomic mass is 9.97. The van der Waals surface area contributed by atoms with Gasteiger partial charge >= 0.3 is 12.2 Å². The minimum Gasteiger partial charge on any atom is -0.453 e. The monoisotopic (exact) mass is 585 g/mol. The van der Waals surface area contributed by atoms with E-state index in [9.17, 15) is 18.0 Å². The molecule has 14 heteroatoms. The van der Waals surface area contributed by atoms with Crippen molar-refractivity contribution in [1.82, 2.24) is 19.9 Å². The van der Waals surface area contributed by atoms with E-state index >= 15 is 0 Å². The van der Waals surface area contributed by atoms with Crippen LogP contribution in [-0.2, 0) is 15.8 Å². The van der Waals surface area contributed by atoms with Crippen LogP contribution in [0.4, 0.5) is 13.2 Å². The zero-order valence-electron chi connectivity index (χ0n) is 19.6. The zero-order chi connectivity index (χ0) is 26.9. The van der Waals surface area contributed by atoms with Gasteiger partial charge in [-0.3, -0.25) is 4.79 Å². The molecule has 4 heterocycles. The number of ether oxygens (including phenoxy) is 1. The first-order valence-electron chi connectivity index (χ1n) is 11.6. The standard InChI is InChI=1S/C24H20Cl2F3N5O3S/c25-14-2-1-3-15(26)21(14)18-10-16(33-37-18)17-12-38-22(31-17)13-5-8-34(9-6-13)20(35)11-36-23-30-7-4-19(32-23)24(27,28)29/h1-4,7,12-13,18H,5-6,8-11H2. The largest absolute Gasteiger partial charge is 0.453 e. The van der Waals surface area contributed by atoms with E-state index in [1.165, 1.54) is 11.3 Å². The Balaban J connectivity index is 1.13. The molecule has 0 aliphatic carbocycles. The SMILES string of the molecule is O=C(COc1nccc(C(F)(F)F)n1)N1CCC(c2nc(C3=NOC(c4c(Cl)cccc4Cl)C3)cs2)CC1. The number of amides is 1. The summed E-state index contributed by atoms with van der Waals surface area (Å²) in [6.07, 6.45) is -2.17. The molecule has 0 saturated carbocycles. The molecule has 1 amide bonds. The minimum absolute atomic E-state index is 0.169. The molecule has 1 fully saturated rings. The molecular weight excluding hydrogens is 566 g/mol. The lowest BCUT2D eigenvalue weighted by Gasteiger charge is -2.31. The summed E-state index contributed by atoms with van der Waals surface area (Å²) < 4.78 is 43.5. The van der Waals surface area contributed by atoms with Crippen LogP contribution in [0.15, 0.2) is 41.0 Å². The second-order valence-corrected chi connectivity index (χ2v) is 10.4. The summed E-state index contributed by atoms with van der Waals surface area (Å²) in [6.45, 7) is 0.508. The first-order chi connectivity index (χ1) is 18.2. The summed E-state index contributed by atoms with van der Waals surface area (Å²) in [6, 6.07) is 5.54. The summed E-state index contributed by atoms with van der Waals surface area (Å²) in [5.74, 6) is -0.173. The molecule has 200 valence electrons. The summed E-state index contributed by atoms with van der Waals surface area (Å²) >= 11 is 14.1. The van der Waals surface area contributed by atoms with Crippen LogP contribution in [0.5, 0.6) is 6.01 Å². The van der Waals surface area contributed by atoms with Crippen LogP contribution in [0.25, 0.3) is 0 Å². The van der Waals surface area contributed by atoms with Crippen molar-refractivity contribution in [2.45, 2.75) is 37.5 Å². The second kappa shape index (κ2) is 11.0. The Labute approximate surface area is 229 Å². The number of hydrogen-bond acceptors (Lipinski definition) is 8. The number of aromatic nitrogens is 3. The Morgan fingerprint density at radius 1 is 1.16 bits per heavy atom. The molecule has 1 saturated heterocycles. The highest BCUT2D eigenvalue weighted by atomic mass is 35.5. The summed E-state index contributed by atoms with van der Waals surface area (Å²) in [5, 5.41) is 8.13. The van der Waals surface area contributed by atoms with E-state index in [4.69, 9.17) is 37.8 Å². The number of carbonyl (C=O) groups excluding carboxylic acids is 1. The van der Waals surface area contributed by atoms with Crippen molar-refractivity contribution in [2.75, 3.05) is 19.7 Å². The van der Waals surface area contributed by atoms with Gasteiger partial charge in [-0.2, -0.15) is 18.2 Å². The normalized spacial score (nSPS) is 18.3. The maximum Gasteiger partial charge on any atom is 0.433 e. The van der Waals surface area contributed by atoms with Crippen molar-refractivity contribution in [3.63, 3.8) is 0 Å². The Kier molecular flexibility index (Phi) is 7.73. The van der Waals surface area contributed by atoms with Crippen molar-refractivity contribution in [2.24, 2.45) is 5.16 Å². The Bertz CT molecular complexity index is 1340. The van der Waals surface area contributed by atoms with Gasteiger partial charge in [0.1, 0.15) is 5.71 Å². The van der Waals surface area contributed by atoms with Crippen molar-refractivity contribution >= 4 is 46.2 Å². The fourth-order valence-electron chi connectivity index (χ4n) is 4.27. The Hall–Kier alpha value is -2.96. The smallest absolute Gasteiger partial charge is 0.433 e. The summed E-state index contributed by atoms with van der Waals surface area (Å²) in [7, 11) is 0. The van der Waals surface area contributed by atoms with Crippen LogP contribution in [0.3, 0.4) is 0 Å². The molecule has 0 N–H and O–H groups in total. The highest BCUT2D eigenvalue weighted by Gasteiger charge is 2.33. The van der Waals surface area contributed by atoms with Crippen LogP contribution < -0.4 is 4.74 Å². The number of alkyl halides is 3. The Morgan fingerprint density at radius 2 is 1.89 bits per heavy atom. The fraction of sp³-hybridized carbons (Fsp3) is 0.375. The van der Waals surface area contributed by atoms with E-state index in [2.05, 4.69) is 15.1 Å². The minimum atomic E-state index is -4.62. The molecule has 1 unspecified atom stereocenters. The first-order valence-corrected chi connectivity index (χ1v) is 13.3. The number of thiazole rings is 1. The molecule has 3 aromatic rings. The van der Waals surface area contributed by atoms with Crippen LogP contribution >= 0.6 is 34.5 Å². The lowest BCUT2D eigenvalue weighted by Crippen LogP contribution is -2.40. The molecular formula is C24H20Cl2F3N5O3S. The van der Waals surface area contributed by atoms with Gasteiger partial charge in [0, 0.05) is 52.6 Å². The van der Waals surface area contributed by atoms with Gasteiger partial charge in [-0.1, -0.05) is 34.4 Å². The molecule has 1 atom stereocenters. The molecule has 5 rings (SSSR count). The third kappa shape index (κ3) is 5.87. The van der Waals surface area contributed by atoms with Gasteiger partial charge in [0.15, 0.2) is 18.4 Å². The third-order valence-corrected chi connectivity index (χ3v) is 7.92. The molecule has 0 radical (unpaired) electrons. The van der Waals surface area contributed by atoms with Gasteiger partial charge in [0.2, 0.25) is 0 Å². The summed E-state index contributed by atoms with van der Waals surface area (Å²) in [5.41, 5.74) is 1.03. The van der Waals surface area contributed by atoms with E-state index < -0.39 is 24.5 Å². The van der Waals surface area contributed by atoms with Crippen LogP contribution in [0.2, 0.25) is 10.0 Å². The predicted molar refractivity (Wildman–Crippen MR) is 135 cm³/mol. The topological polar surface area (TPSA) is 89.8 Å². The van der Waals surface area contributed by atoms with Gasteiger partial charge in [0.25, 0.3) is 5.91 Å². The number of piperidine rings is 1. The van der Waals surface area contributed by atoms with E-state index in [1.807, 2.05) is 5.38 Å².